The van der Waals surface area contributed by atoms with Crippen molar-refractivity contribution in [1.29, 1.82) is 0 Å². The van der Waals surface area contributed by atoms with E-state index in [1.54, 1.807) is 7.11 Å². The van der Waals surface area contributed by atoms with Gasteiger partial charge in [-0.25, -0.2) is 0 Å². The Morgan fingerprint density at radius 2 is 2.15 bits per heavy atom. The predicted molar refractivity (Wildman–Crippen MR) is 47.4 cm³/mol. The highest BCUT2D eigenvalue weighted by molar-refractivity contribution is 4.99. The standard InChI is InChI=1S/C9H17NO3/c1-13-7-5-10-4-2-3-6(11)8(10)9(7)12/h6-9,11-12H,2-5H2,1H3/t6?,7-,8-,9-/m1/s1. The average Bonchev–Trinajstić information content (AvgIpc) is 2.44. The summed E-state index contributed by atoms with van der Waals surface area (Å²) in [4.78, 5) is 2.13. The molecule has 0 aliphatic carbocycles. The monoisotopic (exact) mass is 187 g/mol. The Labute approximate surface area is 78.1 Å². The molecular formula is C9H17NO3. The Morgan fingerprint density at radius 1 is 1.38 bits per heavy atom. The predicted octanol–water partition coefficient (Wildman–Crippen LogP) is -0.799. The molecule has 1 unspecified atom stereocenters. The lowest BCUT2D eigenvalue weighted by Crippen LogP contribution is -2.49. The van der Waals surface area contributed by atoms with Crippen molar-refractivity contribution in [2.24, 2.45) is 0 Å². The molecule has 2 fully saturated rings. The second-order valence-corrected chi connectivity index (χ2v) is 3.96. The summed E-state index contributed by atoms with van der Waals surface area (Å²) in [6.45, 7) is 1.72. The normalized spacial score (nSPS) is 46.4. The van der Waals surface area contributed by atoms with Crippen LogP contribution in [-0.4, -0.2) is 59.7 Å². The van der Waals surface area contributed by atoms with Crippen LogP contribution in [0.1, 0.15) is 12.8 Å². The Bertz CT molecular complexity index is 186. The number of nitrogens with zero attached hydrogens (tertiary/aromatic N) is 1. The highest BCUT2D eigenvalue weighted by Crippen LogP contribution is 2.28. The first-order chi connectivity index (χ1) is 6.24. The van der Waals surface area contributed by atoms with Gasteiger partial charge >= 0.3 is 0 Å². The molecule has 2 heterocycles. The van der Waals surface area contributed by atoms with Crippen LogP contribution in [0.4, 0.5) is 0 Å². The van der Waals surface area contributed by atoms with Gasteiger partial charge in [0, 0.05) is 13.7 Å². The lowest BCUT2D eigenvalue weighted by molar-refractivity contribution is -0.0361. The number of aliphatic hydroxyl groups excluding tert-OH is 2. The van der Waals surface area contributed by atoms with Gasteiger partial charge in [-0.3, -0.25) is 4.90 Å². The fraction of sp³-hybridized carbons (Fsp3) is 1.00. The fourth-order valence-corrected chi connectivity index (χ4v) is 2.50. The van der Waals surface area contributed by atoms with E-state index in [2.05, 4.69) is 4.90 Å². The summed E-state index contributed by atoms with van der Waals surface area (Å²) in [5, 5.41) is 19.5. The second kappa shape index (κ2) is 3.53. The van der Waals surface area contributed by atoms with Crippen LogP contribution in [0.2, 0.25) is 0 Å². The molecule has 2 saturated heterocycles. The van der Waals surface area contributed by atoms with Gasteiger partial charge in [0.2, 0.25) is 0 Å². The molecule has 2 aliphatic rings. The number of hydrogen-bond acceptors (Lipinski definition) is 4. The van der Waals surface area contributed by atoms with Gasteiger partial charge in [-0.1, -0.05) is 0 Å². The molecule has 0 saturated carbocycles. The number of aliphatic hydroxyl groups is 2. The van der Waals surface area contributed by atoms with Crippen LogP contribution in [-0.2, 0) is 4.74 Å². The largest absolute Gasteiger partial charge is 0.391 e. The van der Waals surface area contributed by atoms with E-state index in [4.69, 9.17) is 4.74 Å². The molecule has 2 N–H and O–H groups in total. The third-order valence-corrected chi connectivity index (χ3v) is 3.21. The van der Waals surface area contributed by atoms with Crippen LogP contribution in [0.15, 0.2) is 0 Å². The number of hydrogen-bond donors (Lipinski definition) is 2. The summed E-state index contributed by atoms with van der Waals surface area (Å²) in [6, 6.07) is -0.0984. The first-order valence-corrected chi connectivity index (χ1v) is 4.87. The molecule has 0 radical (unpaired) electrons. The minimum absolute atomic E-state index is 0.0984. The maximum atomic E-state index is 9.83. The van der Waals surface area contributed by atoms with Crippen LogP contribution < -0.4 is 0 Å². The molecule has 13 heavy (non-hydrogen) atoms. The van der Waals surface area contributed by atoms with Crippen molar-refractivity contribution in [3.63, 3.8) is 0 Å². The van der Waals surface area contributed by atoms with Crippen molar-refractivity contribution in [2.45, 2.75) is 37.2 Å². The molecule has 0 aromatic heterocycles. The molecule has 0 aromatic carbocycles. The summed E-state index contributed by atoms with van der Waals surface area (Å²) < 4.78 is 5.16. The SMILES string of the molecule is CO[C@@H]1CN2CCCC(O)[C@@H]2[C@@H]1O. The van der Waals surface area contributed by atoms with E-state index in [9.17, 15) is 10.2 Å². The lowest BCUT2D eigenvalue weighted by atomic mass is 9.97. The number of ether oxygens (including phenoxy) is 1. The molecule has 2 rings (SSSR count). The number of methoxy groups -OCH3 is 1. The number of rotatable bonds is 1. The van der Waals surface area contributed by atoms with E-state index >= 15 is 0 Å². The molecular weight excluding hydrogens is 170 g/mol. The van der Waals surface area contributed by atoms with E-state index in [1.165, 1.54) is 0 Å². The van der Waals surface area contributed by atoms with Crippen molar-refractivity contribution >= 4 is 0 Å². The Morgan fingerprint density at radius 3 is 2.77 bits per heavy atom. The van der Waals surface area contributed by atoms with Gasteiger partial charge in [0.05, 0.1) is 24.4 Å². The Hall–Kier alpha value is -0.160. The molecule has 0 bridgehead atoms. The quantitative estimate of drug-likeness (QED) is 0.564. The van der Waals surface area contributed by atoms with Crippen molar-refractivity contribution in [3.8, 4) is 0 Å². The van der Waals surface area contributed by atoms with Crippen LogP contribution >= 0.6 is 0 Å². The summed E-state index contributed by atoms with van der Waals surface area (Å²) in [5.74, 6) is 0. The van der Waals surface area contributed by atoms with E-state index in [0.29, 0.717) is 0 Å². The molecule has 0 amide bonds. The third kappa shape index (κ3) is 1.48. The van der Waals surface area contributed by atoms with Crippen molar-refractivity contribution < 1.29 is 14.9 Å². The fourth-order valence-electron chi connectivity index (χ4n) is 2.50. The van der Waals surface area contributed by atoms with Gasteiger partial charge < -0.3 is 14.9 Å². The van der Waals surface area contributed by atoms with Crippen LogP contribution in [0.3, 0.4) is 0 Å². The molecule has 0 spiro atoms. The van der Waals surface area contributed by atoms with Gasteiger partial charge in [0.1, 0.15) is 0 Å². The van der Waals surface area contributed by atoms with Crippen LogP contribution in [0.5, 0.6) is 0 Å². The van der Waals surface area contributed by atoms with E-state index in [0.717, 1.165) is 25.9 Å². The summed E-state index contributed by atoms with van der Waals surface area (Å²) in [7, 11) is 1.61. The molecule has 76 valence electrons. The van der Waals surface area contributed by atoms with E-state index < -0.39 is 6.10 Å². The zero-order chi connectivity index (χ0) is 9.42. The first kappa shape index (κ1) is 9.40. The number of fused-ring (bicyclic) bond motifs is 1. The van der Waals surface area contributed by atoms with Gasteiger partial charge in [0.15, 0.2) is 0 Å². The first-order valence-electron chi connectivity index (χ1n) is 4.87. The Kier molecular flexibility index (Phi) is 2.55. The van der Waals surface area contributed by atoms with Gasteiger partial charge in [-0.15, -0.1) is 0 Å². The zero-order valence-corrected chi connectivity index (χ0v) is 7.89. The smallest absolute Gasteiger partial charge is 0.0994 e. The lowest BCUT2D eigenvalue weighted by Gasteiger charge is -2.34. The van der Waals surface area contributed by atoms with Crippen LogP contribution in [0.25, 0.3) is 0 Å². The van der Waals surface area contributed by atoms with Gasteiger partial charge in [-0.05, 0) is 19.4 Å². The highest BCUT2D eigenvalue weighted by Gasteiger charge is 2.45. The second-order valence-electron chi connectivity index (χ2n) is 3.96. The van der Waals surface area contributed by atoms with Crippen LogP contribution in [0, 0.1) is 0 Å². The highest BCUT2D eigenvalue weighted by atomic mass is 16.5. The summed E-state index contributed by atoms with van der Waals surface area (Å²) in [6.07, 6.45) is 0.775. The minimum atomic E-state index is -0.528. The maximum absolute atomic E-state index is 9.83. The Balaban J connectivity index is 2.09. The minimum Gasteiger partial charge on any atom is -0.391 e. The topological polar surface area (TPSA) is 52.9 Å². The number of piperidine rings is 1. The maximum Gasteiger partial charge on any atom is 0.0994 e. The summed E-state index contributed by atoms with van der Waals surface area (Å²) >= 11 is 0. The molecule has 2 aliphatic heterocycles. The van der Waals surface area contributed by atoms with Gasteiger partial charge in [-0.2, -0.15) is 0 Å². The third-order valence-electron chi connectivity index (χ3n) is 3.21. The average molecular weight is 187 g/mol. The van der Waals surface area contributed by atoms with Crippen molar-refractivity contribution in [2.75, 3.05) is 20.2 Å². The van der Waals surface area contributed by atoms with Crippen molar-refractivity contribution in [1.82, 2.24) is 4.90 Å². The molecule has 4 heteroatoms. The van der Waals surface area contributed by atoms with Gasteiger partial charge in [0.25, 0.3) is 0 Å². The molecule has 4 atom stereocenters. The zero-order valence-electron chi connectivity index (χ0n) is 7.89. The molecule has 4 nitrogen and oxygen atoms in total. The summed E-state index contributed by atoms with van der Waals surface area (Å²) in [5.41, 5.74) is 0. The molecule has 0 aromatic rings. The van der Waals surface area contributed by atoms with E-state index in [-0.39, 0.29) is 18.2 Å². The van der Waals surface area contributed by atoms with Crippen molar-refractivity contribution in [3.05, 3.63) is 0 Å². The van der Waals surface area contributed by atoms with E-state index in [1.807, 2.05) is 0 Å².